The SMILES string of the molecule is CCCCCCCCCCCCCCCCCC(=O)OC[C@H](COP(=O)(O)OC[C@@H](O)COP(=O)(O)OC[C@@H](COC(=O)CCCCCCCCCCCCCC)OC(=O)CCCCCCCCCCCC(C)C)OC(=O)CCCCCCCCCCCCCCCCCC(C)C. The number of hydrogen-bond acceptors (Lipinski definition) is 15. The van der Waals surface area contributed by atoms with Crippen molar-refractivity contribution in [1.82, 2.24) is 0 Å². The smallest absolute Gasteiger partial charge is 0.462 e. The van der Waals surface area contributed by atoms with Crippen LogP contribution >= 0.6 is 15.6 Å². The fourth-order valence-corrected chi connectivity index (χ4v) is 13.6. The molecule has 3 N–H and O–H groups in total. The van der Waals surface area contributed by atoms with Crippen LogP contribution in [0.3, 0.4) is 0 Å². The standard InChI is InChI=1S/C78H152O17P2/c1-7-9-11-13-15-17-19-21-23-27-31-37-43-49-55-61-76(81)89-66-73(94-77(82)62-56-50-44-38-32-28-25-22-24-26-29-34-40-46-52-58-70(3)4)68-92-96(84,85)90-64-72(79)65-91-97(86,87)93-69-74(95-78(83)63-57-51-45-39-33-35-41-47-53-59-71(5)6)67-88-75(80)60-54-48-42-36-30-20-18-16-14-12-10-8-2/h70-74,79H,7-69H2,1-6H3,(H,84,85)(H,86,87)/t72-,73-,74-/m1/s1. The molecule has 19 heteroatoms. The van der Waals surface area contributed by atoms with E-state index in [1.807, 2.05) is 0 Å². The van der Waals surface area contributed by atoms with Crippen LogP contribution in [0, 0.1) is 11.8 Å². The highest BCUT2D eigenvalue weighted by molar-refractivity contribution is 7.47. The summed E-state index contributed by atoms with van der Waals surface area (Å²) in [6.07, 6.45) is 58.1. The zero-order valence-corrected chi connectivity index (χ0v) is 65.2. The molecular formula is C78H152O17P2. The van der Waals surface area contributed by atoms with Crippen molar-refractivity contribution in [2.24, 2.45) is 11.8 Å². The molecule has 0 spiro atoms. The minimum Gasteiger partial charge on any atom is -0.462 e. The number of aliphatic hydroxyl groups excluding tert-OH is 1. The van der Waals surface area contributed by atoms with Crippen molar-refractivity contribution in [3.8, 4) is 0 Å². The lowest BCUT2D eigenvalue weighted by Crippen LogP contribution is -2.30. The van der Waals surface area contributed by atoms with Gasteiger partial charge >= 0.3 is 39.5 Å². The first-order valence-electron chi connectivity index (χ1n) is 40.5. The Morgan fingerprint density at radius 2 is 0.474 bits per heavy atom. The van der Waals surface area contributed by atoms with Gasteiger partial charge in [0, 0.05) is 25.7 Å². The molecule has 0 aromatic carbocycles. The average Bonchev–Trinajstić information content (AvgIpc) is 1.04. The largest absolute Gasteiger partial charge is 0.472 e. The Bertz CT molecular complexity index is 1870. The molecule has 0 amide bonds. The zero-order valence-electron chi connectivity index (χ0n) is 63.4. The van der Waals surface area contributed by atoms with Crippen molar-refractivity contribution >= 4 is 39.5 Å². The average molecular weight is 1420 g/mol. The third kappa shape index (κ3) is 72.2. The van der Waals surface area contributed by atoms with E-state index < -0.39 is 97.5 Å². The quantitative estimate of drug-likeness (QED) is 0.0222. The van der Waals surface area contributed by atoms with Gasteiger partial charge in [-0.15, -0.1) is 0 Å². The molecule has 0 rings (SSSR count). The monoisotopic (exact) mass is 1420 g/mol. The maximum absolute atomic E-state index is 13.1. The lowest BCUT2D eigenvalue weighted by atomic mass is 10.0. The Morgan fingerprint density at radius 1 is 0.278 bits per heavy atom. The van der Waals surface area contributed by atoms with E-state index in [0.717, 1.165) is 102 Å². The molecule has 5 atom stereocenters. The van der Waals surface area contributed by atoms with Gasteiger partial charge in [0.25, 0.3) is 0 Å². The number of rotatable bonds is 77. The molecule has 0 aliphatic carbocycles. The predicted octanol–water partition coefficient (Wildman–Crippen LogP) is 23.1. The van der Waals surface area contributed by atoms with E-state index in [-0.39, 0.29) is 25.7 Å². The van der Waals surface area contributed by atoms with E-state index in [1.54, 1.807) is 0 Å². The van der Waals surface area contributed by atoms with E-state index in [2.05, 4.69) is 41.5 Å². The summed E-state index contributed by atoms with van der Waals surface area (Å²) in [6.45, 7) is 9.62. The third-order valence-corrected chi connectivity index (χ3v) is 20.1. The summed E-state index contributed by atoms with van der Waals surface area (Å²) >= 11 is 0. The predicted molar refractivity (Wildman–Crippen MR) is 395 cm³/mol. The Morgan fingerprint density at radius 3 is 0.701 bits per heavy atom. The Kier molecular flexibility index (Phi) is 68.4. The van der Waals surface area contributed by atoms with E-state index in [4.69, 9.17) is 37.0 Å². The van der Waals surface area contributed by atoms with Crippen LogP contribution in [-0.2, 0) is 65.4 Å². The van der Waals surface area contributed by atoms with Gasteiger partial charge in [-0.1, -0.05) is 356 Å². The molecule has 0 radical (unpaired) electrons. The summed E-state index contributed by atoms with van der Waals surface area (Å²) in [5.41, 5.74) is 0. The second-order valence-corrected chi connectivity index (χ2v) is 32.0. The van der Waals surface area contributed by atoms with Crippen molar-refractivity contribution in [3.05, 3.63) is 0 Å². The van der Waals surface area contributed by atoms with Gasteiger partial charge in [0.2, 0.25) is 0 Å². The van der Waals surface area contributed by atoms with Crippen molar-refractivity contribution in [3.63, 3.8) is 0 Å². The highest BCUT2D eigenvalue weighted by atomic mass is 31.2. The number of phosphoric ester groups is 2. The third-order valence-electron chi connectivity index (χ3n) is 18.2. The molecule has 2 unspecified atom stereocenters. The first-order chi connectivity index (χ1) is 46.9. The van der Waals surface area contributed by atoms with Gasteiger partial charge in [-0.25, -0.2) is 9.13 Å². The molecule has 97 heavy (non-hydrogen) atoms. The van der Waals surface area contributed by atoms with Gasteiger partial charge in [-0.3, -0.25) is 37.3 Å². The maximum Gasteiger partial charge on any atom is 0.472 e. The molecule has 0 aliphatic heterocycles. The maximum atomic E-state index is 13.1. The zero-order chi connectivity index (χ0) is 71.4. The van der Waals surface area contributed by atoms with E-state index in [9.17, 15) is 43.2 Å². The molecule has 576 valence electrons. The number of carbonyl (C=O) groups is 4. The molecule has 0 aromatic rings. The number of phosphoric acid groups is 2. The van der Waals surface area contributed by atoms with E-state index in [1.165, 1.54) is 225 Å². The number of carbonyl (C=O) groups excluding carboxylic acids is 4. The van der Waals surface area contributed by atoms with Gasteiger partial charge in [0.1, 0.15) is 19.3 Å². The number of ether oxygens (including phenoxy) is 4. The number of esters is 4. The topological polar surface area (TPSA) is 237 Å². The van der Waals surface area contributed by atoms with Gasteiger partial charge in [0.15, 0.2) is 12.2 Å². The van der Waals surface area contributed by atoms with Crippen molar-refractivity contribution < 1.29 is 80.2 Å². The van der Waals surface area contributed by atoms with Crippen LogP contribution in [0.4, 0.5) is 0 Å². The van der Waals surface area contributed by atoms with Crippen LogP contribution < -0.4 is 0 Å². The van der Waals surface area contributed by atoms with Gasteiger partial charge in [0.05, 0.1) is 26.4 Å². The molecule has 0 bridgehead atoms. The molecule has 0 fully saturated rings. The molecule has 0 aromatic heterocycles. The van der Waals surface area contributed by atoms with Crippen LogP contribution in [0.1, 0.15) is 408 Å². The normalized spacial score (nSPS) is 14.0. The minimum absolute atomic E-state index is 0.106. The fourth-order valence-electron chi connectivity index (χ4n) is 12.0. The van der Waals surface area contributed by atoms with E-state index in [0.29, 0.717) is 25.7 Å². The Hall–Kier alpha value is -1.94. The van der Waals surface area contributed by atoms with Crippen LogP contribution in [0.5, 0.6) is 0 Å². The van der Waals surface area contributed by atoms with Crippen LogP contribution in [-0.4, -0.2) is 96.7 Å². The van der Waals surface area contributed by atoms with Crippen molar-refractivity contribution in [1.29, 1.82) is 0 Å². The minimum atomic E-state index is -4.96. The lowest BCUT2D eigenvalue weighted by Gasteiger charge is -2.21. The lowest BCUT2D eigenvalue weighted by molar-refractivity contribution is -0.161. The van der Waals surface area contributed by atoms with Gasteiger partial charge < -0.3 is 33.8 Å². The van der Waals surface area contributed by atoms with E-state index >= 15 is 0 Å². The second kappa shape index (κ2) is 69.8. The number of aliphatic hydroxyl groups is 1. The number of unbranched alkanes of at least 4 members (excludes halogenated alkanes) is 47. The fraction of sp³-hybridized carbons (Fsp3) is 0.949. The summed E-state index contributed by atoms with van der Waals surface area (Å²) < 4.78 is 68.6. The first kappa shape index (κ1) is 95.1. The molecule has 0 aliphatic rings. The first-order valence-corrected chi connectivity index (χ1v) is 43.5. The molecule has 17 nitrogen and oxygen atoms in total. The Balaban J connectivity index is 5.25. The number of hydrogen-bond donors (Lipinski definition) is 3. The summed E-state index contributed by atoms with van der Waals surface area (Å²) in [5.74, 6) is -0.572. The van der Waals surface area contributed by atoms with Gasteiger partial charge in [-0.2, -0.15) is 0 Å². The highest BCUT2D eigenvalue weighted by Gasteiger charge is 2.30. The molecule has 0 saturated heterocycles. The van der Waals surface area contributed by atoms with Crippen LogP contribution in [0.15, 0.2) is 0 Å². The Labute approximate surface area is 594 Å². The van der Waals surface area contributed by atoms with Crippen molar-refractivity contribution in [2.75, 3.05) is 39.6 Å². The molecule has 0 saturated carbocycles. The summed E-state index contributed by atoms with van der Waals surface area (Å²) in [7, 11) is -9.91. The summed E-state index contributed by atoms with van der Waals surface area (Å²) in [5, 5.41) is 10.6. The highest BCUT2D eigenvalue weighted by Crippen LogP contribution is 2.45. The molecule has 0 heterocycles. The van der Waals surface area contributed by atoms with Crippen molar-refractivity contribution in [2.45, 2.75) is 426 Å². The van der Waals surface area contributed by atoms with Crippen LogP contribution in [0.25, 0.3) is 0 Å². The second-order valence-electron chi connectivity index (χ2n) is 29.1. The van der Waals surface area contributed by atoms with Crippen LogP contribution in [0.2, 0.25) is 0 Å². The summed E-state index contributed by atoms with van der Waals surface area (Å²) in [4.78, 5) is 72.9. The van der Waals surface area contributed by atoms with Gasteiger partial charge in [-0.05, 0) is 37.5 Å². The molecular weight excluding hydrogens is 1270 g/mol. The summed E-state index contributed by atoms with van der Waals surface area (Å²) in [6, 6.07) is 0.